The summed E-state index contributed by atoms with van der Waals surface area (Å²) in [6.45, 7) is 4.19. The van der Waals surface area contributed by atoms with Gasteiger partial charge in [-0.3, -0.25) is 9.78 Å². The largest absolute Gasteiger partial charge is 0.474 e. The first kappa shape index (κ1) is 13.9. The summed E-state index contributed by atoms with van der Waals surface area (Å²) < 4.78 is 10.7. The van der Waals surface area contributed by atoms with Crippen LogP contribution in [-0.2, 0) is 6.54 Å². The Balaban J connectivity index is 1.97. The number of amides is 1. The molecular weight excluding hydrogens is 260 g/mol. The zero-order chi connectivity index (χ0) is 14.5. The number of ether oxygens (including phenoxy) is 1. The second-order valence-electron chi connectivity index (χ2n) is 4.39. The number of furan rings is 1. The van der Waals surface area contributed by atoms with E-state index < -0.39 is 5.91 Å². The Morgan fingerprint density at radius 3 is 2.90 bits per heavy atom. The Kier molecular flexibility index (Phi) is 4.19. The van der Waals surface area contributed by atoms with E-state index in [1.54, 1.807) is 18.5 Å². The van der Waals surface area contributed by atoms with Gasteiger partial charge in [0.25, 0.3) is 5.91 Å². The number of carbonyl (C=O) groups is 1. The molecular formula is C13H16N4O3. The van der Waals surface area contributed by atoms with Crippen molar-refractivity contribution in [1.29, 1.82) is 0 Å². The van der Waals surface area contributed by atoms with Gasteiger partial charge in [0, 0.05) is 0 Å². The molecule has 0 saturated heterocycles. The number of aromatic nitrogens is 2. The first-order valence-electron chi connectivity index (χ1n) is 6.15. The van der Waals surface area contributed by atoms with E-state index in [9.17, 15) is 4.79 Å². The number of hydrogen-bond acceptors (Lipinski definition) is 6. The lowest BCUT2D eigenvalue weighted by molar-refractivity contribution is 0.0972. The third-order valence-corrected chi connectivity index (χ3v) is 2.32. The molecule has 0 aliphatic heterocycles. The van der Waals surface area contributed by atoms with Gasteiger partial charge in [0.1, 0.15) is 11.6 Å². The molecule has 7 nitrogen and oxygen atoms in total. The average Bonchev–Trinajstić information content (AvgIpc) is 2.85. The molecule has 0 fully saturated rings. The Morgan fingerprint density at radius 1 is 1.45 bits per heavy atom. The molecule has 7 heteroatoms. The first-order chi connectivity index (χ1) is 9.54. The van der Waals surface area contributed by atoms with Crippen LogP contribution in [0.15, 0.2) is 28.9 Å². The van der Waals surface area contributed by atoms with Crippen LogP contribution in [0.1, 0.15) is 30.2 Å². The van der Waals surface area contributed by atoms with Crippen molar-refractivity contribution < 1.29 is 13.9 Å². The van der Waals surface area contributed by atoms with Crippen molar-refractivity contribution in [3.63, 3.8) is 0 Å². The second kappa shape index (κ2) is 6.05. The van der Waals surface area contributed by atoms with Crippen LogP contribution < -0.4 is 15.8 Å². The van der Waals surface area contributed by atoms with Crippen LogP contribution in [0, 0.1) is 0 Å². The van der Waals surface area contributed by atoms with Crippen LogP contribution in [0.2, 0.25) is 0 Å². The number of rotatable bonds is 6. The Morgan fingerprint density at radius 2 is 2.25 bits per heavy atom. The maximum absolute atomic E-state index is 10.9. The summed E-state index contributed by atoms with van der Waals surface area (Å²) in [7, 11) is 0. The molecule has 0 saturated carbocycles. The van der Waals surface area contributed by atoms with Gasteiger partial charge in [0.2, 0.25) is 5.88 Å². The molecule has 3 N–H and O–H groups in total. The zero-order valence-electron chi connectivity index (χ0n) is 11.3. The fourth-order valence-corrected chi connectivity index (χ4v) is 1.51. The highest BCUT2D eigenvalue weighted by atomic mass is 16.5. The minimum atomic E-state index is -0.594. The van der Waals surface area contributed by atoms with E-state index in [0.29, 0.717) is 24.0 Å². The average molecular weight is 276 g/mol. The fourth-order valence-electron chi connectivity index (χ4n) is 1.51. The minimum absolute atomic E-state index is 0.0303. The van der Waals surface area contributed by atoms with E-state index in [1.807, 2.05) is 13.8 Å². The van der Waals surface area contributed by atoms with Gasteiger partial charge >= 0.3 is 0 Å². The van der Waals surface area contributed by atoms with Gasteiger partial charge in [-0.2, -0.15) is 4.98 Å². The smallest absolute Gasteiger partial charge is 0.284 e. The molecule has 20 heavy (non-hydrogen) atoms. The van der Waals surface area contributed by atoms with Crippen LogP contribution in [0.5, 0.6) is 5.88 Å². The van der Waals surface area contributed by atoms with Crippen molar-refractivity contribution in [2.75, 3.05) is 5.32 Å². The highest BCUT2D eigenvalue weighted by molar-refractivity contribution is 5.89. The predicted molar refractivity (Wildman–Crippen MR) is 72.3 cm³/mol. The molecule has 2 heterocycles. The Hall–Kier alpha value is -2.57. The van der Waals surface area contributed by atoms with Crippen molar-refractivity contribution in [2.24, 2.45) is 5.73 Å². The summed E-state index contributed by atoms with van der Waals surface area (Å²) in [5.41, 5.74) is 5.11. The number of hydrogen-bond donors (Lipinski definition) is 2. The molecule has 0 bridgehead atoms. The van der Waals surface area contributed by atoms with E-state index in [2.05, 4.69) is 15.3 Å². The number of anilines is 1. The zero-order valence-corrected chi connectivity index (χ0v) is 11.3. The highest BCUT2D eigenvalue weighted by Crippen LogP contribution is 2.13. The lowest BCUT2D eigenvalue weighted by Crippen LogP contribution is -2.09. The van der Waals surface area contributed by atoms with Crippen molar-refractivity contribution in [3.05, 3.63) is 36.0 Å². The summed E-state index contributed by atoms with van der Waals surface area (Å²) >= 11 is 0. The third-order valence-electron chi connectivity index (χ3n) is 2.32. The van der Waals surface area contributed by atoms with Gasteiger partial charge in [0.15, 0.2) is 5.76 Å². The number of nitrogens with one attached hydrogen (secondary N) is 1. The molecule has 2 aromatic rings. The second-order valence-corrected chi connectivity index (χ2v) is 4.39. The Bertz CT molecular complexity index is 595. The minimum Gasteiger partial charge on any atom is -0.474 e. The third kappa shape index (κ3) is 3.71. The van der Waals surface area contributed by atoms with Crippen LogP contribution in [0.4, 0.5) is 5.82 Å². The maximum atomic E-state index is 10.9. The van der Waals surface area contributed by atoms with Crippen molar-refractivity contribution in [1.82, 2.24) is 9.97 Å². The van der Waals surface area contributed by atoms with Gasteiger partial charge < -0.3 is 20.2 Å². The molecule has 0 aliphatic carbocycles. The number of nitrogens with zero attached hydrogens (tertiary/aromatic N) is 2. The van der Waals surface area contributed by atoms with E-state index in [1.165, 1.54) is 6.07 Å². The molecule has 0 aliphatic rings. The lowest BCUT2D eigenvalue weighted by Gasteiger charge is -2.09. The van der Waals surface area contributed by atoms with Crippen LogP contribution >= 0.6 is 0 Å². The molecule has 2 rings (SSSR count). The monoisotopic (exact) mass is 276 g/mol. The molecule has 0 spiro atoms. The fraction of sp³-hybridized carbons (Fsp3) is 0.308. The summed E-state index contributed by atoms with van der Waals surface area (Å²) in [4.78, 5) is 19.2. The molecule has 0 atom stereocenters. The van der Waals surface area contributed by atoms with Gasteiger partial charge in [0.05, 0.1) is 25.0 Å². The first-order valence-corrected chi connectivity index (χ1v) is 6.15. The van der Waals surface area contributed by atoms with E-state index >= 15 is 0 Å². The summed E-state index contributed by atoms with van der Waals surface area (Å²) in [5, 5.41) is 3.03. The summed E-state index contributed by atoms with van der Waals surface area (Å²) in [5.74, 6) is 1.12. The molecule has 0 radical (unpaired) electrons. The van der Waals surface area contributed by atoms with Crippen LogP contribution in [-0.4, -0.2) is 22.0 Å². The van der Waals surface area contributed by atoms with E-state index in [0.717, 1.165) is 0 Å². The molecule has 0 unspecified atom stereocenters. The molecule has 106 valence electrons. The van der Waals surface area contributed by atoms with Crippen molar-refractivity contribution in [2.45, 2.75) is 26.5 Å². The standard InChI is InChI=1S/C13H16N4O3/c1-8(2)19-12-7-15-6-11(17-12)16-5-9-3-4-10(20-9)13(14)18/h3-4,6-8H,5H2,1-2H3,(H2,14,18)(H,16,17). The highest BCUT2D eigenvalue weighted by Gasteiger charge is 2.07. The maximum Gasteiger partial charge on any atom is 0.284 e. The quantitative estimate of drug-likeness (QED) is 0.830. The molecule has 1 amide bonds. The lowest BCUT2D eigenvalue weighted by atomic mass is 10.4. The van der Waals surface area contributed by atoms with E-state index in [4.69, 9.17) is 14.9 Å². The number of nitrogens with two attached hydrogens (primary N) is 1. The Labute approximate surface area is 116 Å². The van der Waals surface area contributed by atoms with Crippen molar-refractivity contribution >= 4 is 11.7 Å². The number of carbonyl (C=O) groups excluding carboxylic acids is 1. The van der Waals surface area contributed by atoms with Crippen LogP contribution in [0.25, 0.3) is 0 Å². The molecule has 2 aromatic heterocycles. The van der Waals surface area contributed by atoms with Crippen LogP contribution in [0.3, 0.4) is 0 Å². The summed E-state index contributed by atoms with van der Waals surface area (Å²) in [6.07, 6.45) is 3.15. The SMILES string of the molecule is CC(C)Oc1cncc(NCc2ccc(C(N)=O)o2)n1. The van der Waals surface area contributed by atoms with Gasteiger partial charge in [-0.25, -0.2) is 0 Å². The topological polar surface area (TPSA) is 103 Å². The van der Waals surface area contributed by atoms with Crippen molar-refractivity contribution in [3.8, 4) is 5.88 Å². The molecule has 0 aromatic carbocycles. The van der Waals surface area contributed by atoms with Gasteiger partial charge in [-0.1, -0.05) is 0 Å². The number of primary amides is 1. The van der Waals surface area contributed by atoms with Gasteiger partial charge in [-0.05, 0) is 26.0 Å². The summed E-state index contributed by atoms with van der Waals surface area (Å²) in [6, 6.07) is 3.21. The normalized spacial score (nSPS) is 10.6. The predicted octanol–water partition coefficient (Wildman–Crippen LogP) is 1.57. The van der Waals surface area contributed by atoms with E-state index in [-0.39, 0.29) is 11.9 Å². The van der Waals surface area contributed by atoms with Gasteiger partial charge in [-0.15, -0.1) is 0 Å².